The maximum absolute atomic E-state index is 14.4. The number of nitrogens with zero attached hydrogens (tertiary/aromatic N) is 4. The number of halogens is 1. The van der Waals surface area contributed by atoms with E-state index in [0.717, 1.165) is 11.1 Å². The molecule has 25 heavy (non-hydrogen) atoms. The highest BCUT2D eigenvalue weighted by Gasteiger charge is 2.20. The molecule has 2 aromatic rings. The van der Waals surface area contributed by atoms with Crippen molar-refractivity contribution in [1.82, 2.24) is 4.90 Å². The molecule has 5 heteroatoms. The van der Waals surface area contributed by atoms with E-state index in [2.05, 4.69) is 10.0 Å². The summed E-state index contributed by atoms with van der Waals surface area (Å²) < 4.78 is 14.4. The van der Waals surface area contributed by atoms with Crippen molar-refractivity contribution in [2.45, 2.75) is 32.6 Å². The van der Waals surface area contributed by atoms with Gasteiger partial charge in [-0.2, -0.15) is 0 Å². The van der Waals surface area contributed by atoms with E-state index in [1.54, 1.807) is 0 Å². The molecule has 0 N–H and O–H groups in total. The van der Waals surface area contributed by atoms with Crippen molar-refractivity contribution in [3.63, 3.8) is 0 Å². The quantitative estimate of drug-likeness (QED) is 0.336. The summed E-state index contributed by atoms with van der Waals surface area (Å²) >= 11 is 0. The molecule has 0 aliphatic rings. The molecule has 0 aromatic heterocycles. The van der Waals surface area contributed by atoms with Gasteiger partial charge in [0.25, 0.3) is 0 Å². The first kappa shape index (κ1) is 19.0. The molecule has 0 fully saturated rings. The highest BCUT2D eigenvalue weighted by molar-refractivity contribution is 5.20. The van der Waals surface area contributed by atoms with Crippen LogP contribution >= 0.6 is 0 Å². The van der Waals surface area contributed by atoms with E-state index in [1.165, 1.54) is 0 Å². The lowest BCUT2D eigenvalue weighted by molar-refractivity contribution is 0.145. The Morgan fingerprint density at radius 3 is 2.16 bits per heavy atom. The van der Waals surface area contributed by atoms with Crippen LogP contribution in [-0.2, 0) is 6.54 Å². The molecule has 0 aliphatic carbocycles. The van der Waals surface area contributed by atoms with Gasteiger partial charge in [0.2, 0.25) is 0 Å². The third-order valence-electron chi connectivity index (χ3n) is 4.21. The largest absolute Gasteiger partial charge is 0.295 e. The standard InChI is InChI=1S/C20H25FN4/c1-16(2)19(21)14-25(13-17-9-5-3-6-10-17)15-20(23-24-22)18-11-7-4-8-12-18/h3-12,16,19-20H,13-15H2,1-2H3/t19-,20+/m0/s1. The zero-order chi connectivity index (χ0) is 18.1. The lowest BCUT2D eigenvalue weighted by Crippen LogP contribution is -2.35. The van der Waals surface area contributed by atoms with Gasteiger partial charge in [0.1, 0.15) is 6.17 Å². The first-order valence-electron chi connectivity index (χ1n) is 8.59. The monoisotopic (exact) mass is 340 g/mol. The minimum Gasteiger partial charge on any atom is -0.295 e. The Hall–Kier alpha value is -2.36. The number of azide groups is 1. The molecular formula is C20H25FN4. The summed E-state index contributed by atoms with van der Waals surface area (Å²) in [7, 11) is 0. The number of benzene rings is 2. The van der Waals surface area contributed by atoms with E-state index in [-0.39, 0.29) is 12.0 Å². The van der Waals surface area contributed by atoms with Crippen molar-refractivity contribution < 1.29 is 4.39 Å². The van der Waals surface area contributed by atoms with Crippen LogP contribution in [0.5, 0.6) is 0 Å². The second-order valence-electron chi connectivity index (χ2n) is 6.57. The lowest BCUT2D eigenvalue weighted by Gasteiger charge is -2.28. The van der Waals surface area contributed by atoms with Crippen LogP contribution in [0.25, 0.3) is 10.4 Å². The van der Waals surface area contributed by atoms with Crippen LogP contribution in [0.4, 0.5) is 4.39 Å². The number of hydrogen-bond acceptors (Lipinski definition) is 2. The van der Waals surface area contributed by atoms with Crippen molar-refractivity contribution >= 4 is 0 Å². The Morgan fingerprint density at radius 1 is 1.00 bits per heavy atom. The fraction of sp³-hybridized carbons (Fsp3) is 0.400. The Morgan fingerprint density at radius 2 is 1.60 bits per heavy atom. The fourth-order valence-electron chi connectivity index (χ4n) is 2.69. The van der Waals surface area contributed by atoms with Gasteiger partial charge in [-0.15, -0.1) is 0 Å². The molecule has 0 saturated carbocycles. The molecule has 132 valence electrons. The van der Waals surface area contributed by atoms with Gasteiger partial charge in [-0.3, -0.25) is 4.90 Å². The molecule has 0 unspecified atom stereocenters. The number of rotatable bonds is 9. The van der Waals surface area contributed by atoms with Gasteiger partial charge in [0.05, 0.1) is 6.04 Å². The summed E-state index contributed by atoms with van der Waals surface area (Å²) in [5.74, 6) is -0.0482. The average Bonchev–Trinajstić information content (AvgIpc) is 2.62. The minimum absolute atomic E-state index is 0.0482. The predicted octanol–water partition coefficient (Wildman–Crippen LogP) is 5.53. The van der Waals surface area contributed by atoms with Gasteiger partial charge in [-0.05, 0) is 22.6 Å². The molecule has 0 aliphatic heterocycles. The summed E-state index contributed by atoms with van der Waals surface area (Å²) in [5, 5.41) is 3.94. The minimum atomic E-state index is -0.925. The van der Waals surface area contributed by atoms with Crippen molar-refractivity contribution in [2.24, 2.45) is 11.0 Å². The van der Waals surface area contributed by atoms with Crippen LogP contribution < -0.4 is 0 Å². The molecule has 0 spiro atoms. The topological polar surface area (TPSA) is 52.0 Å². The number of alkyl halides is 1. The molecule has 0 amide bonds. The van der Waals surface area contributed by atoms with Gasteiger partial charge >= 0.3 is 0 Å². The maximum Gasteiger partial charge on any atom is 0.115 e. The van der Waals surface area contributed by atoms with E-state index >= 15 is 0 Å². The molecule has 2 rings (SSSR count). The summed E-state index contributed by atoms with van der Waals surface area (Å²) in [4.78, 5) is 5.03. The van der Waals surface area contributed by atoms with Crippen molar-refractivity contribution in [2.75, 3.05) is 13.1 Å². The third-order valence-corrected chi connectivity index (χ3v) is 4.21. The van der Waals surface area contributed by atoms with E-state index in [9.17, 15) is 4.39 Å². The zero-order valence-corrected chi connectivity index (χ0v) is 14.8. The average molecular weight is 340 g/mol. The highest BCUT2D eigenvalue weighted by atomic mass is 19.1. The Kier molecular flexibility index (Phi) is 7.45. The Labute approximate surface area is 148 Å². The molecule has 4 nitrogen and oxygen atoms in total. The smallest absolute Gasteiger partial charge is 0.115 e. The molecule has 2 aromatic carbocycles. The van der Waals surface area contributed by atoms with Gasteiger partial charge in [0, 0.05) is 24.5 Å². The van der Waals surface area contributed by atoms with Gasteiger partial charge < -0.3 is 0 Å². The molecule has 2 atom stereocenters. The highest BCUT2D eigenvalue weighted by Crippen LogP contribution is 2.21. The summed E-state index contributed by atoms with van der Waals surface area (Å²) in [5.41, 5.74) is 11.0. The van der Waals surface area contributed by atoms with Crippen LogP contribution in [0.3, 0.4) is 0 Å². The molecule has 0 radical (unpaired) electrons. The first-order chi connectivity index (χ1) is 12.1. The molecular weight excluding hydrogens is 315 g/mol. The molecule has 0 bridgehead atoms. The van der Waals surface area contributed by atoms with E-state index in [4.69, 9.17) is 5.53 Å². The predicted molar refractivity (Wildman–Crippen MR) is 99.8 cm³/mol. The van der Waals surface area contributed by atoms with E-state index < -0.39 is 6.17 Å². The van der Waals surface area contributed by atoms with E-state index in [0.29, 0.717) is 19.6 Å². The SMILES string of the molecule is CC(C)[C@@H](F)CN(Cc1ccccc1)C[C@@H](N=[N+]=[N-])c1ccccc1. The summed E-state index contributed by atoms with van der Waals surface area (Å²) in [6.45, 7) is 5.19. The second-order valence-corrected chi connectivity index (χ2v) is 6.57. The summed E-state index contributed by atoms with van der Waals surface area (Å²) in [6, 6.07) is 19.3. The molecule has 0 heterocycles. The second kappa shape index (κ2) is 9.82. The van der Waals surface area contributed by atoms with Crippen LogP contribution in [0, 0.1) is 5.92 Å². The Bertz CT molecular complexity index is 669. The van der Waals surface area contributed by atoms with Crippen LogP contribution in [0.15, 0.2) is 65.8 Å². The normalized spacial score (nSPS) is 13.5. The fourth-order valence-corrected chi connectivity index (χ4v) is 2.69. The zero-order valence-electron chi connectivity index (χ0n) is 14.8. The van der Waals surface area contributed by atoms with Crippen LogP contribution in [0.2, 0.25) is 0 Å². The van der Waals surface area contributed by atoms with Crippen molar-refractivity contribution in [3.8, 4) is 0 Å². The first-order valence-corrected chi connectivity index (χ1v) is 8.59. The van der Waals surface area contributed by atoms with E-state index in [1.807, 2.05) is 79.4 Å². The maximum atomic E-state index is 14.4. The lowest BCUT2D eigenvalue weighted by atomic mass is 10.0. The van der Waals surface area contributed by atoms with Gasteiger partial charge in [-0.25, -0.2) is 4.39 Å². The van der Waals surface area contributed by atoms with Crippen molar-refractivity contribution in [3.05, 3.63) is 82.2 Å². The third kappa shape index (κ3) is 6.22. The van der Waals surface area contributed by atoms with Gasteiger partial charge in [-0.1, -0.05) is 79.6 Å². The van der Waals surface area contributed by atoms with Crippen LogP contribution in [-0.4, -0.2) is 24.2 Å². The Balaban J connectivity index is 2.18. The van der Waals surface area contributed by atoms with Crippen molar-refractivity contribution in [1.29, 1.82) is 0 Å². The summed E-state index contributed by atoms with van der Waals surface area (Å²) in [6.07, 6.45) is -0.925. The van der Waals surface area contributed by atoms with Crippen LogP contribution in [0.1, 0.15) is 31.0 Å². The number of hydrogen-bond donors (Lipinski definition) is 0. The molecule has 0 saturated heterocycles. The van der Waals surface area contributed by atoms with Gasteiger partial charge in [0.15, 0.2) is 0 Å².